The van der Waals surface area contributed by atoms with Gasteiger partial charge in [0.2, 0.25) is 0 Å². The number of anilines is 5. The van der Waals surface area contributed by atoms with Crippen molar-refractivity contribution < 1.29 is 4.42 Å². The van der Waals surface area contributed by atoms with Gasteiger partial charge in [0.05, 0.1) is 16.7 Å². The van der Waals surface area contributed by atoms with Gasteiger partial charge in [-0.25, -0.2) is 0 Å². The van der Waals surface area contributed by atoms with Crippen molar-refractivity contribution in [3.05, 3.63) is 206 Å². The summed E-state index contributed by atoms with van der Waals surface area (Å²) >= 11 is 0. The molecule has 0 aliphatic carbocycles. The quantitative estimate of drug-likeness (QED) is 0.164. The Kier molecular flexibility index (Phi) is 7.82. The molecule has 0 saturated carbocycles. The van der Waals surface area contributed by atoms with Gasteiger partial charge in [-0.3, -0.25) is 0 Å². The van der Waals surface area contributed by atoms with Gasteiger partial charge in [0.15, 0.2) is 7.28 Å². The highest BCUT2D eigenvalue weighted by molar-refractivity contribution is 6.74. The molecule has 281 valence electrons. The zero-order valence-corrected chi connectivity index (χ0v) is 32.9. The Labute approximate surface area is 348 Å². The highest BCUT2D eigenvalue weighted by Crippen LogP contribution is 2.48. The lowest BCUT2D eigenvalue weighted by molar-refractivity contribution is 0.631. The van der Waals surface area contributed by atoms with Crippen molar-refractivity contribution in [2.24, 2.45) is 0 Å². The third-order valence-electron chi connectivity index (χ3n) is 12.0. The van der Waals surface area contributed by atoms with E-state index in [2.05, 4.69) is 223 Å². The number of aromatic nitrogens is 1. The summed E-state index contributed by atoms with van der Waals surface area (Å²) in [5.41, 5.74) is 16.5. The van der Waals surface area contributed by atoms with E-state index in [1.807, 2.05) is 6.07 Å². The van der Waals surface area contributed by atoms with E-state index >= 15 is 0 Å². The largest absolute Gasteiger partial charge is 0.456 e. The normalized spacial score (nSPS) is 11.9. The second-order valence-electron chi connectivity index (χ2n) is 15.7. The summed E-state index contributed by atoms with van der Waals surface area (Å²) in [6.07, 6.45) is 0. The number of nitrogens with zero attached hydrogens (tertiary/aromatic N) is 2. The number of hydrogen-bond donors (Lipinski definition) is 1. The van der Waals surface area contributed by atoms with Gasteiger partial charge in [0, 0.05) is 61.8 Å². The van der Waals surface area contributed by atoms with E-state index in [4.69, 9.17) is 4.42 Å². The molecule has 11 aromatic rings. The molecule has 12 rings (SSSR count). The molecule has 0 amide bonds. The van der Waals surface area contributed by atoms with E-state index in [-0.39, 0.29) is 0 Å². The molecule has 0 fully saturated rings. The van der Waals surface area contributed by atoms with Crippen LogP contribution in [0.3, 0.4) is 0 Å². The van der Waals surface area contributed by atoms with E-state index in [0.29, 0.717) is 0 Å². The number of nitrogens with one attached hydrogen (secondary N) is 1. The van der Waals surface area contributed by atoms with Crippen LogP contribution in [0.1, 0.15) is 5.56 Å². The Morgan fingerprint density at radius 1 is 0.567 bits per heavy atom. The van der Waals surface area contributed by atoms with Gasteiger partial charge in [-0.05, 0) is 89.4 Å². The highest BCUT2D eigenvalue weighted by atomic mass is 16.3. The summed E-state index contributed by atoms with van der Waals surface area (Å²) in [4.78, 5) is 2.43. The van der Waals surface area contributed by atoms with Crippen molar-refractivity contribution in [1.29, 1.82) is 0 Å². The van der Waals surface area contributed by atoms with Crippen LogP contribution >= 0.6 is 0 Å². The van der Waals surface area contributed by atoms with Crippen molar-refractivity contribution in [3.63, 3.8) is 0 Å². The molecule has 0 atom stereocenters. The lowest BCUT2D eigenvalue weighted by atomic mass is 9.58. The van der Waals surface area contributed by atoms with Gasteiger partial charge in [0.25, 0.3) is 0 Å². The maximum absolute atomic E-state index is 6.67. The monoisotopic (exact) mass is 766 g/mol. The average molecular weight is 767 g/mol. The first-order valence-corrected chi connectivity index (χ1v) is 20.5. The topological polar surface area (TPSA) is 33.3 Å². The van der Waals surface area contributed by atoms with Crippen LogP contribution in [0.5, 0.6) is 0 Å². The van der Waals surface area contributed by atoms with Crippen LogP contribution in [0.15, 0.2) is 205 Å². The van der Waals surface area contributed by atoms with E-state index in [1.54, 1.807) is 0 Å². The molecule has 1 aliphatic rings. The summed E-state index contributed by atoms with van der Waals surface area (Å²) in [6.45, 7) is 2.13. The van der Waals surface area contributed by atoms with Gasteiger partial charge in [0.1, 0.15) is 11.3 Å². The average Bonchev–Trinajstić information content (AvgIpc) is 3.89. The molecule has 0 saturated heterocycles. The van der Waals surface area contributed by atoms with Crippen LogP contribution in [0.25, 0.3) is 71.7 Å². The van der Waals surface area contributed by atoms with Gasteiger partial charge in [-0.2, -0.15) is 0 Å². The molecule has 5 heteroatoms. The predicted molar refractivity (Wildman–Crippen MR) is 253 cm³/mol. The molecule has 3 heterocycles. The van der Waals surface area contributed by atoms with Crippen molar-refractivity contribution >= 4 is 90.2 Å². The third-order valence-corrected chi connectivity index (χ3v) is 12.0. The van der Waals surface area contributed by atoms with Crippen LogP contribution in [0, 0.1) is 6.92 Å². The molecule has 0 spiro atoms. The summed E-state index contributed by atoms with van der Waals surface area (Å²) < 4.78 is 9.17. The van der Waals surface area contributed by atoms with E-state index < -0.39 is 0 Å². The van der Waals surface area contributed by atoms with Crippen LogP contribution in [-0.2, 0) is 0 Å². The number of benzene rings is 9. The molecule has 2 aromatic heterocycles. The van der Waals surface area contributed by atoms with E-state index in [0.717, 1.165) is 84.0 Å². The van der Waals surface area contributed by atoms with Crippen LogP contribution in [-0.4, -0.2) is 11.8 Å². The maximum Gasteiger partial charge on any atom is 0.197 e. The molecule has 9 aromatic carbocycles. The van der Waals surface area contributed by atoms with Crippen LogP contribution in [0.4, 0.5) is 28.4 Å². The minimum absolute atomic E-state index is 0.861. The smallest absolute Gasteiger partial charge is 0.197 e. The van der Waals surface area contributed by atoms with Crippen molar-refractivity contribution in [3.8, 4) is 28.1 Å². The fraction of sp³-hybridized carbons (Fsp3) is 0.0182. The molecule has 4 nitrogen and oxygen atoms in total. The standard InChI is InChI=1S/C55H37BN3O/c1-35-25-28-39(29-26-35)57-46-24-14-13-23-43(46)44-33-49(58(40-18-7-3-8-19-40)41-20-9-4-10-21-41)53-52-42-22-12-11-15-36(42)27-30-47(52)59-48-34-51-38(31-45(48)56-54(44)55(53)59)32-50(60-51)37-16-5-2-6-17-37/h2-34,57H,1H3. The Hall–Kier alpha value is -7.76. The fourth-order valence-electron chi connectivity index (χ4n) is 9.28. The summed E-state index contributed by atoms with van der Waals surface area (Å²) in [5.74, 6) is 0.861. The number of aryl methyl sites for hydroxylation is 1. The third kappa shape index (κ3) is 5.47. The summed E-state index contributed by atoms with van der Waals surface area (Å²) in [5, 5.41) is 9.72. The van der Waals surface area contributed by atoms with Crippen molar-refractivity contribution in [2.75, 3.05) is 10.2 Å². The number of para-hydroxylation sites is 3. The first-order valence-electron chi connectivity index (χ1n) is 20.5. The minimum Gasteiger partial charge on any atom is -0.456 e. The van der Waals surface area contributed by atoms with Gasteiger partial charge in [-0.15, -0.1) is 0 Å². The molecule has 0 bridgehead atoms. The van der Waals surface area contributed by atoms with Crippen LogP contribution < -0.4 is 21.1 Å². The van der Waals surface area contributed by atoms with Gasteiger partial charge in [-0.1, -0.05) is 144 Å². The Morgan fingerprint density at radius 3 is 2.02 bits per heavy atom. The highest BCUT2D eigenvalue weighted by Gasteiger charge is 2.32. The van der Waals surface area contributed by atoms with Gasteiger partial charge < -0.3 is 19.2 Å². The predicted octanol–water partition coefficient (Wildman–Crippen LogP) is 13.5. The Balaban J connectivity index is 1.23. The van der Waals surface area contributed by atoms with E-state index in [9.17, 15) is 0 Å². The second kappa shape index (κ2) is 13.7. The summed E-state index contributed by atoms with van der Waals surface area (Å²) in [7, 11) is 2.41. The molecule has 0 unspecified atom stereocenters. The number of furan rings is 1. The number of fused-ring (bicyclic) bond motifs is 8. The van der Waals surface area contributed by atoms with Gasteiger partial charge >= 0.3 is 0 Å². The second-order valence-corrected chi connectivity index (χ2v) is 15.7. The Bertz CT molecular complexity index is 3390. The minimum atomic E-state index is 0.861. The molecule has 1 N–H and O–H groups in total. The van der Waals surface area contributed by atoms with Crippen LogP contribution in [0.2, 0.25) is 0 Å². The fourth-order valence-corrected chi connectivity index (χ4v) is 9.28. The Morgan fingerprint density at radius 2 is 1.25 bits per heavy atom. The number of hydrogen-bond acceptors (Lipinski definition) is 3. The molecular weight excluding hydrogens is 729 g/mol. The van der Waals surface area contributed by atoms with E-state index in [1.165, 1.54) is 32.6 Å². The number of rotatable bonds is 7. The molecular formula is C55H37BN3O. The summed E-state index contributed by atoms with van der Waals surface area (Å²) in [6, 6.07) is 71.8. The molecule has 1 aliphatic heterocycles. The van der Waals surface area contributed by atoms with Crippen molar-refractivity contribution in [2.45, 2.75) is 6.92 Å². The van der Waals surface area contributed by atoms with Crippen molar-refractivity contribution in [1.82, 2.24) is 4.57 Å². The molecule has 1 radical (unpaired) electrons. The SMILES string of the molecule is Cc1ccc(Nc2ccccc2-c2cc(N(c3ccccc3)c3ccccc3)c3c4c5ccccc5ccc4n4c3c2[B]c2cc3cc(-c5ccccc5)oc3cc2-4)cc1. The zero-order valence-electron chi connectivity index (χ0n) is 32.9. The first-order chi connectivity index (χ1) is 29.7. The lowest BCUT2D eigenvalue weighted by Gasteiger charge is -2.30. The maximum atomic E-state index is 6.67. The zero-order chi connectivity index (χ0) is 39.7. The first kappa shape index (κ1) is 34.3. The lowest BCUT2D eigenvalue weighted by Crippen LogP contribution is -2.37. The molecule has 60 heavy (non-hydrogen) atoms.